The number of nitrogens with zero attached hydrogens (tertiary/aromatic N) is 2. The van der Waals surface area contributed by atoms with Gasteiger partial charge in [0.25, 0.3) is 5.91 Å². The molecule has 20 heavy (non-hydrogen) atoms. The molecule has 0 unspecified atom stereocenters. The first kappa shape index (κ1) is 13.7. The van der Waals surface area contributed by atoms with Crippen molar-refractivity contribution in [1.29, 1.82) is 0 Å². The Morgan fingerprint density at radius 2 is 2.00 bits per heavy atom. The number of ether oxygens (including phenoxy) is 1. The second-order valence-corrected chi connectivity index (χ2v) is 6.10. The number of piperidine rings is 1. The van der Waals surface area contributed by atoms with Crippen molar-refractivity contribution >= 4 is 5.91 Å². The van der Waals surface area contributed by atoms with E-state index in [4.69, 9.17) is 4.74 Å². The van der Waals surface area contributed by atoms with Gasteiger partial charge in [-0.2, -0.15) is 0 Å². The van der Waals surface area contributed by atoms with Gasteiger partial charge < -0.3 is 14.2 Å². The highest BCUT2D eigenvalue weighted by Gasteiger charge is 2.31. The van der Waals surface area contributed by atoms with Gasteiger partial charge in [0, 0.05) is 32.4 Å². The van der Waals surface area contributed by atoms with E-state index in [1.54, 1.807) is 0 Å². The van der Waals surface area contributed by atoms with Crippen molar-refractivity contribution in [2.75, 3.05) is 19.7 Å². The average molecular weight is 276 g/mol. The van der Waals surface area contributed by atoms with Crippen LogP contribution in [0.2, 0.25) is 0 Å². The van der Waals surface area contributed by atoms with Crippen LogP contribution in [-0.2, 0) is 11.8 Å². The number of aryl methyl sites for hydroxylation is 1. The van der Waals surface area contributed by atoms with E-state index < -0.39 is 0 Å². The Balaban J connectivity index is 1.60. The van der Waals surface area contributed by atoms with Crippen molar-refractivity contribution < 1.29 is 9.53 Å². The van der Waals surface area contributed by atoms with Gasteiger partial charge in [-0.15, -0.1) is 0 Å². The molecule has 0 radical (unpaired) electrons. The summed E-state index contributed by atoms with van der Waals surface area (Å²) < 4.78 is 7.77. The summed E-state index contributed by atoms with van der Waals surface area (Å²) in [5.41, 5.74) is 1.93. The summed E-state index contributed by atoms with van der Waals surface area (Å²) in [5, 5.41) is 0. The zero-order chi connectivity index (χ0) is 14.1. The number of hydrogen-bond donors (Lipinski definition) is 0. The zero-order valence-corrected chi connectivity index (χ0v) is 12.5. The fraction of sp³-hybridized carbons (Fsp3) is 0.688. The molecule has 0 bridgehead atoms. The molecule has 4 nitrogen and oxygen atoms in total. The number of amides is 1. The van der Waals surface area contributed by atoms with Gasteiger partial charge in [-0.25, -0.2) is 0 Å². The fourth-order valence-corrected chi connectivity index (χ4v) is 3.44. The molecule has 1 aromatic heterocycles. The number of aromatic nitrogens is 1. The molecule has 2 aliphatic heterocycles. The van der Waals surface area contributed by atoms with E-state index in [-0.39, 0.29) is 5.91 Å². The van der Waals surface area contributed by atoms with Gasteiger partial charge in [-0.1, -0.05) is 0 Å². The predicted molar refractivity (Wildman–Crippen MR) is 77.8 cm³/mol. The van der Waals surface area contributed by atoms with Gasteiger partial charge in [-0.3, -0.25) is 4.79 Å². The Hall–Kier alpha value is -1.29. The topological polar surface area (TPSA) is 34.5 Å². The van der Waals surface area contributed by atoms with Crippen molar-refractivity contribution in [1.82, 2.24) is 9.47 Å². The van der Waals surface area contributed by atoms with Crippen LogP contribution < -0.4 is 0 Å². The summed E-state index contributed by atoms with van der Waals surface area (Å²) in [5.74, 6) is 0.822. The molecular weight excluding hydrogens is 252 g/mol. The van der Waals surface area contributed by atoms with Crippen molar-refractivity contribution in [3.8, 4) is 0 Å². The third-order valence-corrected chi connectivity index (χ3v) is 4.91. The highest BCUT2D eigenvalue weighted by Crippen LogP contribution is 2.29. The van der Waals surface area contributed by atoms with E-state index >= 15 is 0 Å². The molecule has 3 rings (SSSR count). The predicted octanol–water partition coefficient (Wildman–Crippen LogP) is 2.36. The number of hydrogen-bond acceptors (Lipinski definition) is 2. The van der Waals surface area contributed by atoms with Crippen molar-refractivity contribution in [2.24, 2.45) is 13.0 Å². The van der Waals surface area contributed by atoms with Crippen LogP contribution >= 0.6 is 0 Å². The lowest BCUT2D eigenvalue weighted by Crippen LogP contribution is -2.41. The molecule has 2 aliphatic rings. The maximum Gasteiger partial charge on any atom is 0.270 e. The van der Waals surface area contributed by atoms with Gasteiger partial charge in [0.2, 0.25) is 0 Å². The fourth-order valence-electron chi connectivity index (χ4n) is 3.44. The summed E-state index contributed by atoms with van der Waals surface area (Å²) in [6.45, 7) is 4.69. The Morgan fingerprint density at radius 1 is 1.25 bits per heavy atom. The SMILES string of the molecule is Cc1ccc(C(=O)N2CCC([C@@H]3CCCO3)CC2)n1C. The summed E-state index contributed by atoms with van der Waals surface area (Å²) >= 11 is 0. The second-order valence-electron chi connectivity index (χ2n) is 6.10. The van der Waals surface area contributed by atoms with Crippen LogP contribution in [0.1, 0.15) is 41.9 Å². The lowest BCUT2D eigenvalue weighted by Gasteiger charge is -2.34. The number of likely N-dealkylation sites (tertiary alicyclic amines) is 1. The molecule has 0 spiro atoms. The van der Waals surface area contributed by atoms with Gasteiger partial charge in [0.05, 0.1) is 6.10 Å². The highest BCUT2D eigenvalue weighted by atomic mass is 16.5. The maximum atomic E-state index is 12.5. The molecule has 0 N–H and O–H groups in total. The van der Waals surface area contributed by atoms with E-state index in [1.807, 2.05) is 35.6 Å². The first-order chi connectivity index (χ1) is 9.66. The van der Waals surface area contributed by atoms with Crippen molar-refractivity contribution in [3.63, 3.8) is 0 Å². The molecule has 0 saturated carbocycles. The first-order valence-electron chi connectivity index (χ1n) is 7.70. The van der Waals surface area contributed by atoms with Gasteiger partial charge in [0.15, 0.2) is 0 Å². The minimum absolute atomic E-state index is 0.173. The molecule has 110 valence electrons. The lowest BCUT2D eigenvalue weighted by atomic mass is 9.90. The van der Waals surface area contributed by atoms with Crippen LogP contribution in [0.25, 0.3) is 0 Å². The molecule has 1 atom stereocenters. The van der Waals surface area contributed by atoms with E-state index in [2.05, 4.69) is 0 Å². The molecule has 1 amide bonds. The van der Waals surface area contributed by atoms with Gasteiger partial charge in [-0.05, 0) is 50.7 Å². The van der Waals surface area contributed by atoms with Crippen LogP contribution in [-0.4, -0.2) is 41.2 Å². The summed E-state index contributed by atoms with van der Waals surface area (Å²) in [6.07, 6.45) is 5.02. The van der Waals surface area contributed by atoms with Crippen molar-refractivity contribution in [2.45, 2.75) is 38.7 Å². The van der Waals surface area contributed by atoms with Gasteiger partial charge >= 0.3 is 0 Å². The third-order valence-electron chi connectivity index (χ3n) is 4.91. The number of carbonyl (C=O) groups excluding carboxylic acids is 1. The monoisotopic (exact) mass is 276 g/mol. The van der Waals surface area contributed by atoms with E-state index in [9.17, 15) is 4.79 Å². The van der Waals surface area contributed by atoms with Crippen LogP contribution in [0.5, 0.6) is 0 Å². The summed E-state index contributed by atoms with van der Waals surface area (Å²) in [4.78, 5) is 14.5. The largest absolute Gasteiger partial charge is 0.378 e. The Bertz CT molecular complexity index is 481. The summed E-state index contributed by atoms with van der Waals surface area (Å²) in [7, 11) is 1.96. The number of carbonyl (C=O) groups is 1. The molecule has 4 heteroatoms. The maximum absolute atomic E-state index is 12.5. The Labute approximate surface area is 120 Å². The normalized spacial score (nSPS) is 24.3. The molecule has 1 aromatic rings. The lowest BCUT2D eigenvalue weighted by molar-refractivity contribution is 0.0288. The molecule has 3 heterocycles. The third kappa shape index (κ3) is 2.49. The quantitative estimate of drug-likeness (QED) is 0.831. The molecule has 2 saturated heterocycles. The van der Waals surface area contributed by atoms with Crippen LogP contribution in [0.15, 0.2) is 12.1 Å². The second kappa shape index (κ2) is 5.60. The average Bonchev–Trinajstić information content (AvgIpc) is 3.10. The molecule has 2 fully saturated rings. The Morgan fingerprint density at radius 3 is 2.55 bits per heavy atom. The first-order valence-corrected chi connectivity index (χ1v) is 7.70. The van der Waals surface area contributed by atoms with Gasteiger partial charge in [0.1, 0.15) is 5.69 Å². The molecular formula is C16H24N2O2. The van der Waals surface area contributed by atoms with E-state index in [1.165, 1.54) is 12.8 Å². The van der Waals surface area contributed by atoms with E-state index in [0.717, 1.165) is 43.9 Å². The molecule has 0 aromatic carbocycles. The van der Waals surface area contributed by atoms with Crippen LogP contribution in [0, 0.1) is 12.8 Å². The van der Waals surface area contributed by atoms with Crippen molar-refractivity contribution in [3.05, 3.63) is 23.5 Å². The molecule has 0 aliphatic carbocycles. The van der Waals surface area contributed by atoms with Crippen LogP contribution in [0.3, 0.4) is 0 Å². The standard InChI is InChI=1S/C16H24N2O2/c1-12-5-6-14(17(12)2)16(19)18-9-7-13(8-10-18)15-4-3-11-20-15/h5-6,13,15H,3-4,7-11H2,1-2H3/t15-/m0/s1. The minimum atomic E-state index is 0.173. The zero-order valence-electron chi connectivity index (χ0n) is 12.5. The summed E-state index contributed by atoms with van der Waals surface area (Å²) in [6, 6.07) is 3.94. The highest BCUT2D eigenvalue weighted by molar-refractivity contribution is 5.93. The number of rotatable bonds is 2. The smallest absolute Gasteiger partial charge is 0.270 e. The minimum Gasteiger partial charge on any atom is -0.378 e. The van der Waals surface area contributed by atoms with E-state index in [0.29, 0.717) is 12.0 Å². The van der Waals surface area contributed by atoms with Crippen LogP contribution in [0.4, 0.5) is 0 Å². The Kier molecular flexibility index (Phi) is 3.83.